The minimum atomic E-state index is 0.0993. The third-order valence-corrected chi connectivity index (χ3v) is 3.08. The van der Waals surface area contributed by atoms with Crippen molar-refractivity contribution in [2.75, 3.05) is 6.61 Å². The maximum Gasteiger partial charge on any atom is 0.134 e. The molecule has 0 amide bonds. The maximum absolute atomic E-state index is 9.26. The predicted octanol–water partition coefficient (Wildman–Crippen LogP) is 2.15. The number of hydrogen-bond donors (Lipinski definition) is 3. The molecule has 90 valence electrons. The van der Waals surface area contributed by atoms with E-state index in [1.165, 1.54) is 0 Å². The summed E-state index contributed by atoms with van der Waals surface area (Å²) in [7, 11) is 0. The van der Waals surface area contributed by atoms with Crippen LogP contribution in [0.3, 0.4) is 0 Å². The van der Waals surface area contributed by atoms with Crippen LogP contribution < -0.4 is 5.32 Å². The smallest absolute Gasteiger partial charge is 0.134 e. The number of rotatable bonds is 5. The highest BCUT2D eigenvalue weighted by Gasteiger charge is 2.10. The Hall–Kier alpha value is -0.770. The molecule has 1 aromatic carbocycles. The summed E-state index contributed by atoms with van der Waals surface area (Å²) >= 11 is 5.80. The van der Waals surface area contributed by atoms with Crippen molar-refractivity contribution in [3.05, 3.63) is 28.8 Å². The molecule has 0 heterocycles. The quantitative estimate of drug-likeness (QED) is 0.743. The molecule has 0 radical (unpaired) electrons. The highest BCUT2D eigenvalue weighted by atomic mass is 35.5. The molecule has 0 aromatic heterocycles. The van der Waals surface area contributed by atoms with Crippen LogP contribution in [-0.4, -0.2) is 22.9 Å². The fourth-order valence-electron chi connectivity index (χ4n) is 1.30. The second-order valence-corrected chi connectivity index (χ2v) is 4.52. The van der Waals surface area contributed by atoms with E-state index in [9.17, 15) is 5.11 Å². The van der Waals surface area contributed by atoms with Gasteiger partial charge in [-0.15, -0.1) is 0 Å². The summed E-state index contributed by atoms with van der Waals surface area (Å²) in [6, 6.07) is 5.38. The number of aromatic hydroxyl groups is 1. The number of phenolic OH excluding ortho intramolecular Hbond substituents is 1. The zero-order valence-electron chi connectivity index (χ0n) is 9.57. The van der Waals surface area contributed by atoms with E-state index >= 15 is 0 Å². The first kappa shape index (κ1) is 13.3. The number of nitrogens with one attached hydrogen (secondary N) is 1. The van der Waals surface area contributed by atoms with Crippen LogP contribution in [0, 0.1) is 5.92 Å². The lowest BCUT2D eigenvalue weighted by atomic mass is 10.0. The molecule has 0 aliphatic heterocycles. The number of halogens is 1. The Bertz CT molecular complexity index is 344. The maximum atomic E-state index is 9.26. The zero-order chi connectivity index (χ0) is 12.1. The van der Waals surface area contributed by atoms with Gasteiger partial charge in [-0.05, 0) is 30.5 Å². The monoisotopic (exact) mass is 243 g/mol. The molecular weight excluding hydrogens is 226 g/mol. The van der Waals surface area contributed by atoms with E-state index in [4.69, 9.17) is 16.7 Å². The van der Waals surface area contributed by atoms with Crippen molar-refractivity contribution in [3.8, 4) is 5.75 Å². The lowest BCUT2D eigenvalue weighted by Gasteiger charge is -2.19. The van der Waals surface area contributed by atoms with Crippen LogP contribution in [-0.2, 0) is 6.54 Å². The van der Waals surface area contributed by atoms with E-state index in [1.54, 1.807) is 12.1 Å². The van der Waals surface area contributed by atoms with Crippen molar-refractivity contribution in [1.82, 2.24) is 5.32 Å². The average Bonchev–Trinajstić information content (AvgIpc) is 2.29. The summed E-state index contributed by atoms with van der Waals surface area (Å²) in [5.41, 5.74) is 1.01. The van der Waals surface area contributed by atoms with E-state index in [2.05, 4.69) is 5.32 Å². The van der Waals surface area contributed by atoms with E-state index in [0.717, 1.165) is 5.56 Å². The standard InChI is InChI=1S/C12H18ClNO2/c1-8(7-15)9(2)14-6-10-3-4-12(16)11(13)5-10/h3-5,8-9,14-16H,6-7H2,1-2H3. The topological polar surface area (TPSA) is 52.5 Å². The largest absolute Gasteiger partial charge is 0.506 e. The number of hydrogen-bond acceptors (Lipinski definition) is 3. The summed E-state index contributed by atoms with van der Waals surface area (Å²) in [5, 5.41) is 21.9. The van der Waals surface area contributed by atoms with Crippen molar-refractivity contribution < 1.29 is 10.2 Å². The van der Waals surface area contributed by atoms with Crippen LogP contribution in [0.25, 0.3) is 0 Å². The van der Waals surface area contributed by atoms with Crippen molar-refractivity contribution in [1.29, 1.82) is 0 Å². The highest BCUT2D eigenvalue weighted by molar-refractivity contribution is 6.32. The second kappa shape index (κ2) is 6.09. The molecule has 3 nitrogen and oxygen atoms in total. The number of aliphatic hydroxyl groups excluding tert-OH is 1. The van der Waals surface area contributed by atoms with Gasteiger partial charge in [-0.2, -0.15) is 0 Å². The highest BCUT2D eigenvalue weighted by Crippen LogP contribution is 2.23. The van der Waals surface area contributed by atoms with Gasteiger partial charge in [0.25, 0.3) is 0 Å². The van der Waals surface area contributed by atoms with E-state index in [0.29, 0.717) is 11.6 Å². The van der Waals surface area contributed by atoms with E-state index in [-0.39, 0.29) is 24.3 Å². The van der Waals surface area contributed by atoms with Gasteiger partial charge < -0.3 is 15.5 Å². The van der Waals surface area contributed by atoms with E-state index < -0.39 is 0 Å². The van der Waals surface area contributed by atoms with Gasteiger partial charge in [-0.25, -0.2) is 0 Å². The molecule has 0 saturated heterocycles. The molecule has 0 aliphatic carbocycles. The number of benzene rings is 1. The van der Waals surface area contributed by atoms with Crippen LogP contribution in [0.1, 0.15) is 19.4 Å². The van der Waals surface area contributed by atoms with Gasteiger partial charge in [-0.3, -0.25) is 0 Å². The summed E-state index contributed by atoms with van der Waals surface area (Å²) in [4.78, 5) is 0. The van der Waals surface area contributed by atoms with Crippen molar-refractivity contribution in [3.63, 3.8) is 0 Å². The Balaban J connectivity index is 2.51. The van der Waals surface area contributed by atoms with E-state index in [1.807, 2.05) is 19.9 Å². The normalized spacial score (nSPS) is 14.8. The SMILES string of the molecule is CC(CO)C(C)NCc1ccc(O)c(Cl)c1. The molecule has 16 heavy (non-hydrogen) atoms. The van der Waals surface area contributed by atoms with Crippen molar-refractivity contribution in [2.24, 2.45) is 5.92 Å². The summed E-state index contributed by atoms with van der Waals surface area (Å²) in [6.45, 7) is 4.86. The Morgan fingerprint density at radius 2 is 2.06 bits per heavy atom. The summed E-state index contributed by atoms with van der Waals surface area (Å²) in [5.74, 6) is 0.315. The third-order valence-electron chi connectivity index (χ3n) is 2.78. The molecule has 2 atom stereocenters. The minimum Gasteiger partial charge on any atom is -0.506 e. The van der Waals surface area contributed by atoms with Gasteiger partial charge in [0.2, 0.25) is 0 Å². The van der Waals surface area contributed by atoms with Crippen LogP contribution in [0.4, 0.5) is 0 Å². The van der Waals surface area contributed by atoms with Gasteiger partial charge in [-0.1, -0.05) is 24.6 Å². The summed E-state index contributed by atoms with van der Waals surface area (Å²) < 4.78 is 0. The van der Waals surface area contributed by atoms with Crippen molar-refractivity contribution in [2.45, 2.75) is 26.4 Å². The number of aliphatic hydroxyl groups is 1. The Morgan fingerprint density at radius 1 is 1.38 bits per heavy atom. The molecule has 0 saturated carbocycles. The third kappa shape index (κ3) is 3.67. The van der Waals surface area contributed by atoms with Gasteiger partial charge in [0.1, 0.15) is 5.75 Å². The van der Waals surface area contributed by atoms with Crippen LogP contribution >= 0.6 is 11.6 Å². The van der Waals surface area contributed by atoms with Gasteiger partial charge in [0.05, 0.1) is 5.02 Å². The molecule has 2 unspecified atom stereocenters. The fraction of sp³-hybridized carbons (Fsp3) is 0.500. The molecule has 0 spiro atoms. The van der Waals surface area contributed by atoms with Crippen molar-refractivity contribution >= 4 is 11.6 Å². The molecule has 0 aliphatic rings. The molecule has 4 heteroatoms. The second-order valence-electron chi connectivity index (χ2n) is 4.12. The Labute approximate surface area is 101 Å². The van der Waals surface area contributed by atoms with Gasteiger partial charge in [0.15, 0.2) is 0 Å². The number of phenols is 1. The Kier molecular flexibility index (Phi) is 5.06. The lowest BCUT2D eigenvalue weighted by molar-refractivity contribution is 0.207. The average molecular weight is 244 g/mol. The zero-order valence-corrected chi connectivity index (χ0v) is 10.3. The first-order valence-corrected chi connectivity index (χ1v) is 5.74. The van der Waals surface area contributed by atoms with Crippen LogP contribution in [0.5, 0.6) is 5.75 Å². The first-order chi connectivity index (χ1) is 7.54. The van der Waals surface area contributed by atoms with Crippen LogP contribution in [0.2, 0.25) is 5.02 Å². The molecule has 1 rings (SSSR count). The lowest BCUT2D eigenvalue weighted by Crippen LogP contribution is -2.33. The van der Waals surface area contributed by atoms with Gasteiger partial charge in [0, 0.05) is 19.2 Å². The molecule has 0 bridgehead atoms. The van der Waals surface area contributed by atoms with Gasteiger partial charge >= 0.3 is 0 Å². The Morgan fingerprint density at radius 3 is 2.62 bits per heavy atom. The van der Waals surface area contributed by atoms with Crippen LogP contribution in [0.15, 0.2) is 18.2 Å². The minimum absolute atomic E-state index is 0.0993. The first-order valence-electron chi connectivity index (χ1n) is 5.36. The fourth-order valence-corrected chi connectivity index (χ4v) is 1.50. The molecular formula is C12H18ClNO2. The predicted molar refractivity (Wildman–Crippen MR) is 65.7 cm³/mol. The summed E-state index contributed by atoms with van der Waals surface area (Å²) in [6.07, 6.45) is 0. The molecule has 0 fully saturated rings. The molecule has 1 aromatic rings. The molecule has 3 N–H and O–H groups in total.